The molecule has 0 aliphatic heterocycles. The Kier molecular flexibility index (Phi) is 2.27. The zero-order valence-electron chi connectivity index (χ0n) is 5.49. The van der Waals surface area contributed by atoms with Crippen molar-refractivity contribution in [3.8, 4) is 0 Å². The summed E-state index contributed by atoms with van der Waals surface area (Å²) < 4.78 is 13.2. The Bertz CT molecular complexity index is 237. The maximum Gasteiger partial charge on any atom is 0.124 e. The molecule has 0 saturated heterocycles. The van der Waals surface area contributed by atoms with Crippen LogP contribution in [-0.2, 0) is 0 Å². The van der Waals surface area contributed by atoms with Crippen molar-refractivity contribution in [2.45, 2.75) is 0 Å². The van der Waals surface area contributed by atoms with Gasteiger partial charge >= 0.3 is 0 Å². The fourth-order valence-electron chi connectivity index (χ4n) is 0.692. The van der Waals surface area contributed by atoms with Crippen LogP contribution >= 0.6 is 15.9 Å². The molecule has 3 heteroatoms. The minimum atomic E-state index is -0.231. The van der Waals surface area contributed by atoms with Crippen LogP contribution in [0.4, 0.5) is 10.1 Å². The van der Waals surface area contributed by atoms with Crippen molar-refractivity contribution in [3.05, 3.63) is 28.5 Å². The molecular weight excluding hydrogens is 197 g/mol. The van der Waals surface area contributed by atoms with Gasteiger partial charge in [-0.3, -0.25) is 0 Å². The summed E-state index contributed by atoms with van der Waals surface area (Å²) in [6.45, 7) is 0. The normalized spacial score (nSPS) is 9.50. The predicted octanol–water partition coefficient (Wildman–Crippen LogP) is 2.63. The van der Waals surface area contributed by atoms with Crippen molar-refractivity contribution in [2.24, 2.45) is 0 Å². The van der Waals surface area contributed by atoms with Gasteiger partial charge in [-0.2, -0.15) is 0 Å². The quantitative estimate of drug-likeness (QED) is 0.741. The largest absolute Gasteiger partial charge is 0.387 e. The van der Waals surface area contributed by atoms with E-state index >= 15 is 0 Å². The van der Waals surface area contributed by atoms with Gasteiger partial charge < -0.3 is 5.32 Å². The summed E-state index contributed by atoms with van der Waals surface area (Å²) >= 11 is 3.20. The lowest BCUT2D eigenvalue weighted by molar-refractivity contribution is 0.627. The molecular formula is C7H7BrFN. The molecule has 0 atom stereocenters. The molecule has 1 nitrogen and oxygen atoms in total. The van der Waals surface area contributed by atoms with Crippen molar-refractivity contribution >= 4 is 21.6 Å². The third-order valence-electron chi connectivity index (χ3n) is 1.20. The first kappa shape index (κ1) is 7.54. The maximum atomic E-state index is 12.4. The molecule has 0 aliphatic carbocycles. The lowest BCUT2D eigenvalue weighted by atomic mass is 10.3. The maximum absolute atomic E-state index is 12.4. The van der Waals surface area contributed by atoms with E-state index in [0.29, 0.717) is 0 Å². The van der Waals surface area contributed by atoms with Crippen molar-refractivity contribution in [2.75, 3.05) is 12.4 Å². The van der Waals surface area contributed by atoms with Crippen LogP contribution in [-0.4, -0.2) is 7.05 Å². The molecule has 1 rings (SSSR count). The number of hydrogen-bond donors (Lipinski definition) is 1. The zero-order chi connectivity index (χ0) is 7.56. The van der Waals surface area contributed by atoms with Crippen molar-refractivity contribution in [1.29, 1.82) is 0 Å². The fraction of sp³-hybridized carbons (Fsp3) is 0.143. The number of anilines is 1. The summed E-state index contributed by atoms with van der Waals surface area (Å²) in [6, 6.07) is 4.52. The second kappa shape index (κ2) is 3.01. The Hall–Kier alpha value is -0.570. The van der Waals surface area contributed by atoms with Gasteiger partial charge in [0.25, 0.3) is 0 Å². The SMILES string of the molecule is CNc1ccc(F)cc1Br. The highest BCUT2D eigenvalue weighted by Gasteiger charge is 1.96. The standard InChI is InChI=1S/C7H7BrFN/c1-10-7-3-2-5(9)4-6(7)8/h2-4,10H,1H3. The molecule has 0 aliphatic rings. The molecule has 1 aromatic carbocycles. The van der Waals surface area contributed by atoms with Crippen molar-refractivity contribution in [3.63, 3.8) is 0 Å². The summed E-state index contributed by atoms with van der Waals surface area (Å²) in [7, 11) is 1.79. The third kappa shape index (κ3) is 1.48. The number of hydrogen-bond acceptors (Lipinski definition) is 1. The van der Waals surface area contributed by atoms with E-state index in [-0.39, 0.29) is 5.82 Å². The molecule has 1 N–H and O–H groups in total. The van der Waals surface area contributed by atoms with E-state index in [9.17, 15) is 4.39 Å². The highest BCUT2D eigenvalue weighted by atomic mass is 79.9. The van der Waals surface area contributed by atoms with Crippen LogP contribution in [0.15, 0.2) is 22.7 Å². The average molecular weight is 204 g/mol. The van der Waals surface area contributed by atoms with Gasteiger partial charge in [-0.05, 0) is 34.1 Å². The number of nitrogens with one attached hydrogen (secondary N) is 1. The van der Waals surface area contributed by atoms with Gasteiger partial charge in [-0.25, -0.2) is 4.39 Å². The molecule has 0 radical (unpaired) electrons. The Morgan fingerprint density at radius 1 is 1.50 bits per heavy atom. The van der Waals surface area contributed by atoms with Gasteiger partial charge in [0.2, 0.25) is 0 Å². The van der Waals surface area contributed by atoms with E-state index in [1.165, 1.54) is 12.1 Å². The van der Waals surface area contributed by atoms with Gasteiger partial charge in [-0.15, -0.1) is 0 Å². The minimum absolute atomic E-state index is 0.231. The Labute approximate surface area is 67.4 Å². The van der Waals surface area contributed by atoms with E-state index in [1.807, 2.05) is 0 Å². The smallest absolute Gasteiger partial charge is 0.124 e. The molecule has 0 unspecified atom stereocenters. The highest BCUT2D eigenvalue weighted by molar-refractivity contribution is 9.10. The first-order valence-corrected chi connectivity index (χ1v) is 3.66. The number of benzene rings is 1. The zero-order valence-corrected chi connectivity index (χ0v) is 7.07. The van der Waals surface area contributed by atoms with Crippen molar-refractivity contribution in [1.82, 2.24) is 0 Å². The summed E-state index contributed by atoms with van der Waals surface area (Å²) in [6.07, 6.45) is 0. The molecule has 0 fully saturated rings. The van der Waals surface area contributed by atoms with E-state index in [2.05, 4.69) is 21.2 Å². The van der Waals surface area contributed by atoms with Gasteiger partial charge in [0.15, 0.2) is 0 Å². The molecule has 0 amide bonds. The van der Waals surface area contributed by atoms with Crippen LogP contribution < -0.4 is 5.32 Å². The van der Waals surface area contributed by atoms with Crippen molar-refractivity contribution < 1.29 is 4.39 Å². The van der Waals surface area contributed by atoms with Crippen LogP contribution in [0.1, 0.15) is 0 Å². The third-order valence-corrected chi connectivity index (χ3v) is 1.86. The summed E-state index contributed by atoms with van der Waals surface area (Å²) in [5.74, 6) is -0.231. The van der Waals surface area contributed by atoms with E-state index in [4.69, 9.17) is 0 Å². The number of rotatable bonds is 1. The van der Waals surface area contributed by atoms with E-state index in [0.717, 1.165) is 10.2 Å². The van der Waals surface area contributed by atoms with Crippen LogP contribution in [0.2, 0.25) is 0 Å². The Balaban J connectivity index is 3.07. The lowest BCUT2D eigenvalue weighted by Crippen LogP contribution is -1.88. The van der Waals surface area contributed by atoms with Crippen LogP contribution in [0.25, 0.3) is 0 Å². The molecule has 0 heterocycles. The predicted molar refractivity (Wildman–Crippen MR) is 43.6 cm³/mol. The Morgan fingerprint density at radius 3 is 2.70 bits per heavy atom. The first-order chi connectivity index (χ1) is 4.74. The minimum Gasteiger partial charge on any atom is -0.387 e. The molecule has 0 spiro atoms. The summed E-state index contributed by atoms with van der Waals surface area (Å²) in [5.41, 5.74) is 0.890. The second-order valence-corrected chi connectivity index (χ2v) is 2.73. The van der Waals surface area contributed by atoms with Gasteiger partial charge in [0, 0.05) is 17.2 Å². The average Bonchev–Trinajstić information content (AvgIpc) is 1.88. The van der Waals surface area contributed by atoms with Crippen LogP contribution in [0.5, 0.6) is 0 Å². The number of halogens is 2. The molecule has 0 bridgehead atoms. The summed E-state index contributed by atoms with van der Waals surface area (Å²) in [5, 5.41) is 2.91. The van der Waals surface area contributed by atoms with Gasteiger partial charge in [-0.1, -0.05) is 0 Å². The van der Waals surface area contributed by atoms with Gasteiger partial charge in [0.1, 0.15) is 5.82 Å². The van der Waals surface area contributed by atoms with E-state index in [1.54, 1.807) is 13.1 Å². The Morgan fingerprint density at radius 2 is 2.20 bits per heavy atom. The van der Waals surface area contributed by atoms with Gasteiger partial charge in [0.05, 0.1) is 0 Å². The molecule has 0 aromatic heterocycles. The first-order valence-electron chi connectivity index (χ1n) is 2.87. The lowest BCUT2D eigenvalue weighted by Gasteiger charge is -2.01. The molecule has 10 heavy (non-hydrogen) atoms. The molecule has 54 valence electrons. The molecule has 0 saturated carbocycles. The second-order valence-electron chi connectivity index (χ2n) is 1.87. The fourth-order valence-corrected chi connectivity index (χ4v) is 1.24. The highest BCUT2D eigenvalue weighted by Crippen LogP contribution is 2.21. The topological polar surface area (TPSA) is 12.0 Å². The summed E-state index contributed by atoms with van der Waals surface area (Å²) in [4.78, 5) is 0. The monoisotopic (exact) mass is 203 g/mol. The molecule has 1 aromatic rings. The van der Waals surface area contributed by atoms with Crippen LogP contribution in [0, 0.1) is 5.82 Å². The van der Waals surface area contributed by atoms with Crippen LogP contribution in [0.3, 0.4) is 0 Å². The van der Waals surface area contributed by atoms with E-state index < -0.39 is 0 Å².